The second-order valence-electron chi connectivity index (χ2n) is 17.2. The van der Waals surface area contributed by atoms with Crippen molar-refractivity contribution in [2.45, 2.75) is 128 Å². The number of hydrogen-bond donors (Lipinski definition) is 1. The number of nitrogens with zero attached hydrogens (tertiary/aromatic N) is 2. The van der Waals surface area contributed by atoms with Crippen molar-refractivity contribution in [1.29, 1.82) is 0 Å². The van der Waals surface area contributed by atoms with Gasteiger partial charge in [0.1, 0.15) is 11.4 Å². The SMILES string of the molecule is Cc1nc2ccc(Cl)cc2c2c1O[C@]1(CC2)C[C@H]2C(=O)C[C@]3(C(=O)NS(=O)(=O)C4(C)CC4)C[C@H]3/C=C\CCCCC[C@H](CC(=O)OCC(C)C)C(=O)N2C1. The molecule has 0 bridgehead atoms. The van der Waals surface area contributed by atoms with E-state index in [0.29, 0.717) is 55.0 Å². The summed E-state index contributed by atoms with van der Waals surface area (Å²) in [6, 6.07) is 4.63. The minimum absolute atomic E-state index is 0.0968. The van der Waals surface area contributed by atoms with Gasteiger partial charge >= 0.3 is 5.97 Å². The maximum Gasteiger partial charge on any atom is 0.306 e. The lowest BCUT2D eigenvalue weighted by Gasteiger charge is -2.36. The number of aryl methyl sites for hydroxylation is 2. The summed E-state index contributed by atoms with van der Waals surface area (Å²) in [5.41, 5.74) is 0.321. The van der Waals surface area contributed by atoms with Gasteiger partial charge in [-0.05, 0) is 95.2 Å². The summed E-state index contributed by atoms with van der Waals surface area (Å²) in [6.07, 6.45) is 9.89. The monoisotopic (exact) mass is 781 g/mol. The lowest BCUT2D eigenvalue weighted by molar-refractivity contribution is -0.151. The smallest absolute Gasteiger partial charge is 0.306 e. The molecule has 1 aromatic carbocycles. The van der Waals surface area contributed by atoms with Crippen LogP contribution in [0.1, 0.15) is 109 Å². The van der Waals surface area contributed by atoms with Gasteiger partial charge in [0.2, 0.25) is 21.8 Å². The number of fused-ring (bicyclic) bond motifs is 5. The van der Waals surface area contributed by atoms with E-state index in [9.17, 15) is 27.6 Å². The van der Waals surface area contributed by atoms with E-state index in [0.717, 1.165) is 42.1 Å². The highest BCUT2D eigenvalue weighted by molar-refractivity contribution is 7.91. The average molecular weight is 782 g/mol. The Morgan fingerprint density at radius 2 is 1.91 bits per heavy atom. The third-order valence-corrected chi connectivity index (χ3v) is 14.8. The van der Waals surface area contributed by atoms with Crippen LogP contribution in [0.15, 0.2) is 30.4 Å². The summed E-state index contributed by atoms with van der Waals surface area (Å²) in [5, 5.41) is 1.48. The number of halogens is 1. The quantitative estimate of drug-likeness (QED) is 0.244. The first-order chi connectivity index (χ1) is 25.6. The minimum atomic E-state index is -3.94. The Kier molecular flexibility index (Phi) is 10.4. The molecule has 1 aromatic heterocycles. The fraction of sp³-hybridized carbons (Fsp3) is 0.634. The molecule has 4 heterocycles. The van der Waals surface area contributed by atoms with Gasteiger partial charge in [0.05, 0.1) is 47.0 Å². The summed E-state index contributed by atoms with van der Waals surface area (Å²) < 4.78 is 40.2. The Hall–Kier alpha value is -3.51. The molecule has 1 N–H and O–H groups in total. The van der Waals surface area contributed by atoms with E-state index in [1.165, 1.54) is 0 Å². The van der Waals surface area contributed by atoms with E-state index in [1.54, 1.807) is 17.9 Å². The molecule has 0 unspecified atom stereocenters. The number of pyridine rings is 1. The van der Waals surface area contributed by atoms with Crippen LogP contribution in [-0.2, 0) is 40.4 Å². The van der Waals surface area contributed by atoms with E-state index in [1.807, 2.05) is 45.1 Å². The number of hydrogen-bond acceptors (Lipinski definition) is 9. The highest BCUT2D eigenvalue weighted by Gasteiger charge is 2.63. The summed E-state index contributed by atoms with van der Waals surface area (Å²) in [5.74, 6) is -1.96. The number of carbonyl (C=O) groups is 4. The van der Waals surface area contributed by atoms with Gasteiger partial charge in [-0.2, -0.15) is 0 Å². The molecular weight excluding hydrogens is 730 g/mol. The molecule has 0 radical (unpaired) electrons. The molecule has 13 heteroatoms. The number of allylic oxidation sites excluding steroid dienone is 2. The Labute approximate surface area is 323 Å². The van der Waals surface area contributed by atoms with Crippen LogP contribution in [0, 0.1) is 30.1 Å². The van der Waals surface area contributed by atoms with Crippen molar-refractivity contribution in [2.24, 2.45) is 23.2 Å². The highest BCUT2D eigenvalue weighted by Crippen LogP contribution is 2.58. The van der Waals surface area contributed by atoms with Crippen molar-refractivity contribution in [3.63, 3.8) is 0 Å². The fourth-order valence-electron chi connectivity index (χ4n) is 8.65. The van der Waals surface area contributed by atoms with Crippen LogP contribution in [0.3, 0.4) is 0 Å². The number of amides is 2. The topological polar surface area (TPSA) is 149 Å². The van der Waals surface area contributed by atoms with Gasteiger partial charge in [-0.25, -0.2) is 13.4 Å². The highest BCUT2D eigenvalue weighted by atomic mass is 35.5. The number of ether oxygens (including phenoxy) is 2. The van der Waals surface area contributed by atoms with Gasteiger partial charge in [0, 0.05) is 34.7 Å². The average Bonchev–Trinajstić information content (AvgIpc) is 4.01. The van der Waals surface area contributed by atoms with Gasteiger partial charge in [-0.3, -0.25) is 23.9 Å². The molecule has 292 valence electrons. The maximum absolute atomic E-state index is 14.8. The molecule has 11 nitrogen and oxygen atoms in total. The van der Waals surface area contributed by atoms with Crippen molar-refractivity contribution >= 4 is 56.1 Å². The minimum Gasteiger partial charge on any atom is -0.483 e. The predicted molar refractivity (Wildman–Crippen MR) is 204 cm³/mol. The molecule has 5 atom stereocenters. The second-order valence-corrected chi connectivity index (χ2v) is 19.8. The number of carbonyl (C=O) groups excluding carboxylic acids is 4. The van der Waals surface area contributed by atoms with E-state index >= 15 is 0 Å². The second kappa shape index (κ2) is 14.5. The summed E-state index contributed by atoms with van der Waals surface area (Å²) in [7, 11) is -3.94. The van der Waals surface area contributed by atoms with Crippen molar-refractivity contribution in [2.75, 3.05) is 13.2 Å². The summed E-state index contributed by atoms with van der Waals surface area (Å²) in [6.45, 7) is 7.79. The number of rotatable bonds is 7. The van der Waals surface area contributed by atoms with Crippen molar-refractivity contribution < 1.29 is 37.1 Å². The van der Waals surface area contributed by atoms with Crippen LogP contribution < -0.4 is 9.46 Å². The number of aromatic nitrogens is 1. The molecule has 3 fully saturated rings. The number of Topliss-reactive ketones (excluding diaryl/α,β-unsaturated/α-hetero) is 1. The van der Waals surface area contributed by atoms with E-state index in [-0.39, 0.29) is 55.9 Å². The fourth-order valence-corrected chi connectivity index (χ4v) is 10.2. The van der Waals surface area contributed by atoms with E-state index in [4.69, 9.17) is 26.1 Å². The first-order valence-corrected chi connectivity index (χ1v) is 21.4. The first kappa shape index (κ1) is 38.8. The Bertz CT molecular complexity index is 2010. The Morgan fingerprint density at radius 1 is 1.13 bits per heavy atom. The maximum atomic E-state index is 14.8. The molecule has 2 saturated carbocycles. The number of benzene rings is 1. The zero-order valence-electron chi connectivity index (χ0n) is 31.7. The molecule has 3 aliphatic heterocycles. The van der Waals surface area contributed by atoms with Crippen LogP contribution in [-0.4, -0.2) is 71.4 Å². The molecule has 54 heavy (non-hydrogen) atoms. The van der Waals surface area contributed by atoms with Gasteiger partial charge in [0.15, 0.2) is 5.78 Å². The first-order valence-electron chi connectivity index (χ1n) is 19.6. The number of sulfonamides is 1. The number of ketones is 1. The van der Waals surface area contributed by atoms with E-state index < -0.39 is 49.6 Å². The predicted octanol–water partition coefficient (Wildman–Crippen LogP) is 6.55. The lowest BCUT2D eigenvalue weighted by Crippen LogP contribution is -2.48. The van der Waals surface area contributed by atoms with Crippen molar-refractivity contribution in [3.8, 4) is 5.75 Å². The summed E-state index contributed by atoms with van der Waals surface area (Å²) in [4.78, 5) is 63.0. The molecule has 2 amide bonds. The van der Waals surface area contributed by atoms with Crippen LogP contribution in [0.25, 0.3) is 10.9 Å². The molecule has 1 spiro atoms. The zero-order chi connectivity index (χ0) is 38.6. The number of esters is 1. The standard InChI is InChI=1S/C41H52ClN3O8S/c1-25(2)23-52-35(47)18-27-10-8-6-5-7-9-11-28-20-41(28,38(49)44-54(50,51)39(4)16-17-39)22-34(46)33-21-40(24-45(33)37(27)48)15-14-30-31-19-29(42)12-13-32(31)43-26(3)36(30)53-40/h9,11-13,19,25,27-28,33H,5-8,10,14-18,20-24H2,1-4H3,(H,44,49)/b11-9-/t27-,28-,33+,40-,41-/m1/s1. The van der Waals surface area contributed by atoms with Crippen LogP contribution in [0.4, 0.5) is 0 Å². The van der Waals surface area contributed by atoms with Crippen LogP contribution in [0.2, 0.25) is 5.02 Å². The third kappa shape index (κ3) is 7.53. The van der Waals surface area contributed by atoms with E-state index in [2.05, 4.69) is 4.72 Å². The third-order valence-electron chi connectivity index (χ3n) is 12.4. The largest absolute Gasteiger partial charge is 0.483 e. The van der Waals surface area contributed by atoms with Crippen molar-refractivity contribution in [3.05, 3.63) is 46.6 Å². The molecule has 7 rings (SSSR count). The lowest BCUT2D eigenvalue weighted by atomic mass is 9.85. The molecular formula is C41H52ClN3O8S. The van der Waals surface area contributed by atoms with Crippen LogP contribution >= 0.6 is 11.6 Å². The molecule has 2 aliphatic carbocycles. The Balaban J connectivity index is 1.23. The molecule has 2 aromatic rings. The molecule has 1 saturated heterocycles. The van der Waals surface area contributed by atoms with Gasteiger partial charge in [-0.15, -0.1) is 0 Å². The van der Waals surface area contributed by atoms with Crippen LogP contribution in [0.5, 0.6) is 5.75 Å². The Morgan fingerprint density at radius 3 is 2.65 bits per heavy atom. The zero-order valence-corrected chi connectivity index (χ0v) is 33.3. The number of nitrogens with one attached hydrogen (secondary N) is 1. The van der Waals surface area contributed by atoms with Gasteiger partial charge in [0.25, 0.3) is 0 Å². The summed E-state index contributed by atoms with van der Waals surface area (Å²) >= 11 is 6.39. The molecule has 5 aliphatic rings. The van der Waals surface area contributed by atoms with Gasteiger partial charge in [-0.1, -0.05) is 50.4 Å². The normalized spacial score (nSPS) is 30.0. The van der Waals surface area contributed by atoms with Crippen molar-refractivity contribution in [1.82, 2.24) is 14.6 Å². The van der Waals surface area contributed by atoms with Gasteiger partial charge < -0.3 is 14.4 Å².